The molecule has 3 heterocycles. The summed E-state index contributed by atoms with van der Waals surface area (Å²) in [5.41, 5.74) is 0.307. The lowest BCUT2D eigenvalue weighted by atomic mass is 10.0. The van der Waals surface area contributed by atoms with E-state index in [0.29, 0.717) is 12.2 Å². The van der Waals surface area contributed by atoms with E-state index in [1.165, 1.54) is 4.68 Å². The number of rotatable bonds is 5. The summed E-state index contributed by atoms with van der Waals surface area (Å²) in [7, 11) is 1.72. The van der Waals surface area contributed by atoms with E-state index in [2.05, 4.69) is 15.6 Å². The first-order valence-electron chi connectivity index (χ1n) is 6.45. The standard InChI is InChI=1S/C14H14N4O2S/c1-18-9-11(16-17-18)14(19)15-8-10(12-4-2-6-20-12)13-5-3-7-21-13/h2-7,9-10H,8H2,1H3,(H,15,19)/t10-/m0/s1. The van der Waals surface area contributed by atoms with Crippen LogP contribution in [0.2, 0.25) is 0 Å². The largest absolute Gasteiger partial charge is 0.469 e. The van der Waals surface area contributed by atoms with Crippen LogP contribution in [0, 0.1) is 0 Å². The Kier molecular flexibility index (Phi) is 3.83. The second kappa shape index (κ2) is 5.92. The van der Waals surface area contributed by atoms with Crippen molar-refractivity contribution in [2.24, 2.45) is 7.05 Å². The highest BCUT2D eigenvalue weighted by Crippen LogP contribution is 2.28. The van der Waals surface area contributed by atoms with Crippen LogP contribution in [0.25, 0.3) is 0 Å². The average Bonchev–Trinajstić information content (AvgIpc) is 3.21. The summed E-state index contributed by atoms with van der Waals surface area (Å²) in [4.78, 5) is 13.2. The molecule has 21 heavy (non-hydrogen) atoms. The van der Waals surface area contributed by atoms with E-state index in [-0.39, 0.29) is 11.8 Å². The van der Waals surface area contributed by atoms with Gasteiger partial charge >= 0.3 is 0 Å². The van der Waals surface area contributed by atoms with Crippen LogP contribution in [0.5, 0.6) is 0 Å². The second-order valence-electron chi connectivity index (χ2n) is 4.57. The van der Waals surface area contributed by atoms with Crippen molar-refractivity contribution >= 4 is 17.2 Å². The fourth-order valence-corrected chi connectivity index (χ4v) is 2.89. The zero-order chi connectivity index (χ0) is 14.7. The molecule has 0 aliphatic heterocycles. The molecule has 0 spiro atoms. The van der Waals surface area contributed by atoms with Crippen molar-refractivity contribution in [3.8, 4) is 0 Å². The Morgan fingerprint density at radius 2 is 2.38 bits per heavy atom. The summed E-state index contributed by atoms with van der Waals surface area (Å²) in [6, 6.07) is 7.78. The summed E-state index contributed by atoms with van der Waals surface area (Å²) >= 11 is 1.64. The fraction of sp³-hybridized carbons (Fsp3) is 0.214. The summed E-state index contributed by atoms with van der Waals surface area (Å²) < 4.78 is 6.98. The molecule has 1 amide bonds. The third-order valence-corrected chi connectivity index (χ3v) is 4.06. The number of aryl methyl sites for hydroxylation is 1. The highest BCUT2D eigenvalue weighted by atomic mass is 32.1. The minimum atomic E-state index is -0.240. The lowest BCUT2D eigenvalue weighted by Gasteiger charge is -2.13. The van der Waals surface area contributed by atoms with E-state index >= 15 is 0 Å². The monoisotopic (exact) mass is 302 g/mol. The number of nitrogens with one attached hydrogen (secondary N) is 1. The van der Waals surface area contributed by atoms with Crippen molar-refractivity contribution in [1.82, 2.24) is 20.3 Å². The van der Waals surface area contributed by atoms with Crippen LogP contribution in [0.4, 0.5) is 0 Å². The molecule has 0 bridgehead atoms. The number of hydrogen-bond acceptors (Lipinski definition) is 5. The maximum absolute atomic E-state index is 12.0. The van der Waals surface area contributed by atoms with Crippen molar-refractivity contribution < 1.29 is 9.21 Å². The predicted octanol–water partition coefficient (Wildman–Crippen LogP) is 2.03. The van der Waals surface area contributed by atoms with E-state index in [0.717, 1.165) is 10.6 Å². The zero-order valence-corrected chi connectivity index (χ0v) is 12.2. The van der Waals surface area contributed by atoms with Crippen molar-refractivity contribution in [2.75, 3.05) is 6.54 Å². The summed E-state index contributed by atoms with van der Waals surface area (Å²) in [6.07, 6.45) is 3.23. The molecular weight excluding hydrogens is 288 g/mol. The van der Waals surface area contributed by atoms with Crippen molar-refractivity contribution in [2.45, 2.75) is 5.92 Å². The van der Waals surface area contributed by atoms with Gasteiger partial charge in [0.2, 0.25) is 0 Å². The van der Waals surface area contributed by atoms with Crippen molar-refractivity contribution in [3.63, 3.8) is 0 Å². The lowest BCUT2D eigenvalue weighted by Crippen LogP contribution is -2.28. The first kappa shape index (κ1) is 13.6. The molecule has 108 valence electrons. The molecule has 3 aromatic heterocycles. The summed E-state index contributed by atoms with van der Waals surface area (Å²) in [5.74, 6) is 0.591. The van der Waals surface area contributed by atoms with Crippen molar-refractivity contribution in [3.05, 3.63) is 58.4 Å². The molecule has 0 unspecified atom stereocenters. The van der Waals surface area contributed by atoms with Gasteiger partial charge < -0.3 is 9.73 Å². The Morgan fingerprint density at radius 1 is 1.48 bits per heavy atom. The number of hydrogen-bond donors (Lipinski definition) is 1. The smallest absolute Gasteiger partial charge is 0.273 e. The zero-order valence-electron chi connectivity index (χ0n) is 11.4. The summed E-state index contributed by atoms with van der Waals surface area (Å²) in [5, 5.41) is 12.4. The van der Waals surface area contributed by atoms with Gasteiger partial charge in [0.25, 0.3) is 5.91 Å². The van der Waals surface area contributed by atoms with Crippen LogP contribution in [0.1, 0.15) is 27.0 Å². The van der Waals surface area contributed by atoms with Crippen LogP contribution in [-0.4, -0.2) is 27.4 Å². The second-order valence-corrected chi connectivity index (χ2v) is 5.55. The van der Waals surface area contributed by atoms with Gasteiger partial charge in [-0.05, 0) is 23.6 Å². The Hall–Kier alpha value is -2.41. The van der Waals surface area contributed by atoms with Gasteiger partial charge in [0.05, 0.1) is 18.4 Å². The molecule has 0 fully saturated rings. The minimum Gasteiger partial charge on any atom is -0.469 e. The lowest BCUT2D eigenvalue weighted by molar-refractivity contribution is 0.0947. The molecule has 3 rings (SSSR count). The average molecular weight is 302 g/mol. The van der Waals surface area contributed by atoms with E-state index < -0.39 is 0 Å². The number of amides is 1. The molecule has 0 radical (unpaired) electrons. The molecule has 0 saturated carbocycles. The van der Waals surface area contributed by atoms with Gasteiger partial charge in [-0.3, -0.25) is 9.48 Å². The van der Waals surface area contributed by atoms with Gasteiger partial charge in [0.1, 0.15) is 5.76 Å². The Morgan fingerprint density at radius 3 is 3.00 bits per heavy atom. The van der Waals surface area contributed by atoms with Crippen LogP contribution in [0.3, 0.4) is 0 Å². The van der Waals surface area contributed by atoms with Crippen LogP contribution < -0.4 is 5.32 Å². The van der Waals surface area contributed by atoms with Crippen LogP contribution in [0.15, 0.2) is 46.5 Å². The molecule has 7 heteroatoms. The molecule has 1 atom stereocenters. The number of aromatic nitrogens is 3. The first-order valence-corrected chi connectivity index (χ1v) is 7.33. The topological polar surface area (TPSA) is 73.0 Å². The van der Waals surface area contributed by atoms with Crippen LogP contribution >= 0.6 is 11.3 Å². The Labute approximate surface area is 125 Å². The van der Waals surface area contributed by atoms with E-state index in [1.807, 2.05) is 29.6 Å². The first-order chi connectivity index (χ1) is 10.2. The third-order valence-electron chi connectivity index (χ3n) is 3.08. The quantitative estimate of drug-likeness (QED) is 0.782. The number of nitrogens with zero attached hydrogens (tertiary/aromatic N) is 3. The highest BCUT2D eigenvalue weighted by Gasteiger charge is 2.20. The Balaban J connectivity index is 1.72. The van der Waals surface area contributed by atoms with Gasteiger partial charge in [-0.25, -0.2) is 0 Å². The predicted molar refractivity (Wildman–Crippen MR) is 78.2 cm³/mol. The van der Waals surface area contributed by atoms with E-state index in [9.17, 15) is 4.79 Å². The maximum Gasteiger partial charge on any atom is 0.273 e. The fourth-order valence-electron chi connectivity index (χ4n) is 2.06. The van der Waals surface area contributed by atoms with E-state index in [4.69, 9.17) is 4.42 Å². The van der Waals surface area contributed by atoms with Gasteiger partial charge in [0, 0.05) is 18.5 Å². The third kappa shape index (κ3) is 3.03. The Bertz CT molecular complexity index is 669. The minimum absolute atomic E-state index is 0.000575. The molecule has 1 N–H and O–H groups in total. The molecule has 3 aromatic rings. The summed E-state index contributed by atoms with van der Waals surface area (Å²) in [6.45, 7) is 0.448. The number of thiophene rings is 1. The SMILES string of the molecule is Cn1cc(C(=O)NC[C@@H](c2ccco2)c2cccs2)nn1. The normalized spacial score (nSPS) is 12.2. The van der Waals surface area contributed by atoms with Crippen LogP contribution in [-0.2, 0) is 7.05 Å². The van der Waals surface area contributed by atoms with Gasteiger partial charge in [-0.2, -0.15) is 0 Å². The van der Waals surface area contributed by atoms with Gasteiger partial charge in [0.15, 0.2) is 5.69 Å². The molecule has 0 saturated heterocycles. The molecular formula is C14H14N4O2S. The number of carbonyl (C=O) groups is 1. The van der Waals surface area contributed by atoms with Gasteiger partial charge in [-0.1, -0.05) is 11.3 Å². The molecule has 0 aliphatic rings. The number of furan rings is 1. The van der Waals surface area contributed by atoms with Gasteiger partial charge in [-0.15, -0.1) is 16.4 Å². The maximum atomic E-state index is 12.0. The highest BCUT2D eigenvalue weighted by molar-refractivity contribution is 7.10. The molecule has 6 nitrogen and oxygen atoms in total. The number of carbonyl (C=O) groups excluding carboxylic acids is 1. The molecule has 0 aliphatic carbocycles. The molecule has 0 aromatic carbocycles. The van der Waals surface area contributed by atoms with E-state index in [1.54, 1.807) is 30.8 Å². The van der Waals surface area contributed by atoms with Crippen molar-refractivity contribution in [1.29, 1.82) is 0 Å².